The van der Waals surface area contributed by atoms with Gasteiger partial charge in [-0.25, -0.2) is 0 Å². The average Bonchev–Trinajstić information content (AvgIpc) is 2.75. The first kappa shape index (κ1) is 18.4. The minimum Gasteiger partial charge on any atom is -0.342 e. The van der Waals surface area contributed by atoms with E-state index in [1.54, 1.807) is 12.4 Å². The Balaban J connectivity index is 1.49. The lowest BCUT2D eigenvalue weighted by atomic mass is 9.93. The molecule has 0 bridgehead atoms. The van der Waals surface area contributed by atoms with Crippen LogP contribution in [0.3, 0.4) is 0 Å². The molecule has 0 spiro atoms. The second-order valence-electron chi connectivity index (χ2n) is 7.53. The topological polar surface area (TPSA) is 46.1 Å². The average molecular weight is 371 g/mol. The summed E-state index contributed by atoms with van der Waals surface area (Å²) in [6.45, 7) is 3.67. The van der Waals surface area contributed by atoms with Crippen molar-refractivity contribution in [1.82, 2.24) is 14.9 Å². The van der Waals surface area contributed by atoms with Gasteiger partial charge in [0.25, 0.3) is 0 Å². The summed E-state index contributed by atoms with van der Waals surface area (Å²) in [4.78, 5) is 23.7. The molecule has 28 heavy (non-hydrogen) atoms. The number of aromatic nitrogens is 2. The van der Waals surface area contributed by atoms with Crippen molar-refractivity contribution in [3.63, 3.8) is 0 Å². The second kappa shape index (κ2) is 8.34. The number of hydrogen-bond acceptors (Lipinski definition) is 3. The van der Waals surface area contributed by atoms with Gasteiger partial charge < -0.3 is 4.90 Å². The third-order valence-corrected chi connectivity index (χ3v) is 5.38. The molecule has 3 heterocycles. The number of aryl methyl sites for hydroxylation is 1. The zero-order valence-electron chi connectivity index (χ0n) is 16.2. The number of hydrogen-bond donors (Lipinski definition) is 0. The van der Waals surface area contributed by atoms with Crippen molar-refractivity contribution in [2.75, 3.05) is 13.1 Å². The number of carbonyl (C=O) groups is 1. The molecule has 4 nitrogen and oxygen atoms in total. The Labute approximate surface area is 166 Å². The van der Waals surface area contributed by atoms with Crippen molar-refractivity contribution in [3.8, 4) is 11.3 Å². The number of piperidine rings is 1. The van der Waals surface area contributed by atoms with E-state index in [9.17, 15) is 4.79 Å². The molecular formula is C24H25N3O. The van der Waals surface area contributed by atoms with Crippen LogP contribution in [0, 0.1) is 6.92 Å². The minimum atomic E-state index is 0.186. The summed E-state index contributed by atoms with van der Waals surface area (Å²) in [5.41, 5.74) is 5.47. The summed E-state index contributed by atoms with van der Waals surface area (Å²) in [5.74, 6) is 0.477. The van der Waals surface area contributed by atoms with Gasteiger partial charge in [-0.1, -0.05) is 29.8 Å². The lowest BCUT2D eigenvalue weighted by Gasteiger charge is -2.32. The first-order valence-corrected chi connectivity index (χ1v) is 9.90. The minimum absolute atomic E-state index is 0.186. The van der Waals surface area contributed by atoms with Gasteiger partial charge in [0.05, 0.1) is 12.1 Å². The maximum Gasteiger partial charge on any atom is 0.227 e. The molecule has 0 aliphatic carbocycles. The van der Waals surface area contributed by atoms with E-state index in [0.717, 1.165) is 48.4 Å². The number of benzene rings is 1. The van der Waals surface area contributed by atoms with Gasteiger partial charge in [0.2, 0.25) is 5.91 Å². The van der Waals surface area contributed by atoms with E-state index in [1.807, 2.05) is 17.0 Å². The predicted molar refractivity (Wildman–Crippen MR) is 111 cm³/mol. The van der Waals surface area contributed by atoms with Crippen LogP contribution in [-0.4, -0.2) is 33.9 Å². The van der Waals surface area contributed by atoms with Gasteiger partial charge in [0.1, 0.15) is 0 Å². The predicted octanol–water partition coefficient (Wildman–Crippen LogP) is 4.40. The fourth-order valence-corrected chi connectivity index (χ4v) is 3.88. The molecule has 0 radical (unpaired) electrons. The lowest BCUT2D eigenvalue weighted by Crippen LogP contribution is -2.40. The Morgan fingerprint density at radius 1 is 1.11 bits per heavy atom. The van der Waals surface area contributed by atoms with Crippen LogP contribution in [0.2, 0.25) is 0 Å². The third-order valence-electron chi connectivity index (χ3n) is 5.38. The Kier molecular flexibility index (Phi) is 5.47. The summed E-state index contributed by atoms with van der Waals surface area (Å²) in [7, 11) is 0. The fourth-order valence-electron chi connectivity index (χ4n) is 3.88. The van der Waals surface area contributed by atoms with Gasteiger partial charge in [-0.15, -0.1) is 0 Å². The highest BCUT2D eigenvalue weighted by molar-refractivity contribution is 5.79. The van der Waals surface area contributed by atoms with Crippen LogP contribution in [0.25, 0.3) is 11.3 Å². The first-order chi connectivity index (χ1) is 13.7. The summed E-state index contributed by atoms with van der Waals surface area (Å²) < 4.78 is 0. The normalized spacial score (nSPS) is 16.8. The van der Waals surface area contributed by atoms with E-state index in [0.29, 0.717) is 12.3 Å². The summed E-state index contributed by atoms with van der Waals surface area (Å²) >= 11 is 0. The highest BCUT2D eigenvalue weighted by atomic mass is 16.2. The van der Waals surface area contributed by atoms with Crippen molar-refractivity contribution >= 4 is 5.91 Å². The van der Waals surface area contributed by atoms with E-state index in [1.165, 1.54) is 5.56 Å². The SMILES string of the molecule is Cc1cccc(-c2cccc([C@H]3CCCN(C(=O)Cc4ccncc4)C3)n2)c1. The van der Waals surface area contributed by atoms with Crippen LogP contribution in [0.4, 0.5) is 0 Å². The summed E-state index contributed by atoms with van der Waals surface area (Å²) in [6.07, 6.45) is 6.00. The highest BCUT2D eigenvalue weighted by Gasteiger charge is 2.25. The molecule has 4 rings (SSSR count). The summed E-state index contributed by atoms with van der Waals surface area (Å²) in [6, 6.07) is 18.5. The van der Waals surface area contributed by atoms with Crippen LogP contribution >= 0.6 is 0 Å². The molecule has 142 valence electrons. The Hall–Kier alpha value is -3.01. The standard InChI is InChI=1S/C24H25N3O/c1-18-5-2-6-20(15-18)22-8-3-9-23(26-22)21-7-4-14-27(17-21)24(28)16-19-10-12-25-13-11-19/h2-3,5-6,8-13,15,21H,4,7,14,16-17H2,1H3/t21-/m0/s1. The number of likely N-dealkylation sites (tertiary alicyclic amines) is 1. The molecule has 1 amide bonds. The largest absolute Gasteiger partial charge is 0.342 e. The smallest absolute Gasteiger partial charge is 0.227 e. The molecule has 1 fully saturated rings. The number of amides is 1. The number of nitrogens with zero attached hydrogens (tertiary/aromatic N) is 3. The maximum atomic E-state index is 12.8. The lowest BCUT2D eigenvalue weighted by molar-refractivity contribution is -0.131. The van der Waals surface area contributed by atoms with Gasteiger partial charge in [-0.2, -0.15) is 0 Å². The number of rotatable bonds is 4. The molecule has 3 aromatic rings. The van der Waals surface area contributed by atoms with Crippen LogP contribution in [0.15, 0.2) is 67.0 Å². The van der Waals surface area contributed by atoms with Crippen molar-refractivity contribution in [3.05, 3.63) is 83.8 Å². The molecular weight excluding hydrogens is 346 g/mol. The number of carbonyl (C=O) groups excluding carboxylic acids is 1. The molecule has 1 saturated heterocycles. The van der Waals surface area contributed by atoms with Crippen molar-refractivity contribution in [1.29, 1.82) is 0 Å². The molecule has 0 unspecified atom stereocenters. The molecule has 1 aliphatic rings. The molecule has 1 aliphatic heterocycles. The van der Waals surface area contributed by atoms with E-state index in [4.69, 9.17) is 4.98 Å². The van der Waals surface area contributed by atoms with Crippen molar-refractivity contribution in [2.45, 2.75) is 32.1 Å². The maximum absolute atomic E-state index is 12.8. The summed E-state index contributed by atoms with van der Waals surface area (Å²) in [5, 5.41) is 0. The van der Waals surface area contributed by atoms with Gasteiger partial charge in [-0.3, -0.25) is 14.8 Å². The van der Waals surface area contributed by atoms with Crippen LogP contribution < -0.4 is 0 Å². The molecule has 0 N–H and O–H groups in total. The van der Waals surface area contributed by atoms with E-state index in [-0.39, 0.29) is 5.91 Å². The van der Waals surface area contributed by atoms with Gasteiger partial charge in [-0.05, 0) is 55.7 Å². The van der Waals surface area contributed by atoms with Gasteiger partial charge in [0.15, 0.2) is 0 Å². The molecule has 1 atom stereocenters. The third kappa shape index (κ3) is 4.28. The molecule has 1 aromatic carbocycles. The van der Waals surface area contributed by atoms with E-state index in [2.05, 4.69) is 54.4 Å². The molecule has 0 saturated carbocycles. The van der Waals surface area contributed by atoms with Crippen LogP contribution in [0.1, 0.15) is 35.6 Å². The zero-order chi connectivity index (χ0) is 19.3. The van der Waals surface area contributed by atoms with Gasteiger partial charge >= 0.3 is 0 Å². The molecule has 4 heteroatoms. The second-order valence-corrected chi connectivity index (χ2v) is 7.53. The van der Waals surface area contributed by atoms with E-state index >= 15 is 0 Å². The van der Waals surface area contributed by atoms with E-state index < -0.39 is 0 Å². The first-order valence-electron chi connectivity index (χ1n) is 9.90. The Bertz CT molecular complexity index is 955. The highest BCUT2D eigenvalue weighted by Crippen LogP contribution is 2.28. The molecule has 2 aromatic heterocycles. The van der Waals surface area contributed by atoms with Crippen molar-refractivity contribution < 1.29 is 4.79 Å². The Morgan fingerprint density at radius 2 is 1.93 bits per heavy atom. The van der Waals surface area contributed by atoms with Crippen molar-refractivity contribution in [2.24, 2.45) is 0 Å². The van der Waals surface area contributed by atoms with Gasteiger partial charge in [0, 0.05) is 42.7 Å². The zero-order valence-corrected chi connectivity index (χ0v) is 16.2. The fraction of sp³-hybridized carbons (Fsp3) is 0.292. The number of pyridine rings is 2. The monoisotopic (exact) mass is 371 g/mol. The van der Waals surface area contributed by atoms with Crippen LogP contribution in [0.5, 0.6) is 0 Å². The van der Waals surface area contributed by atoms with Crippen LogP contribution in [-0.2, 0) is 11.2 Å². The Morgan fingerprint density at radius 3 is 2.75 bits per heavy atom. The quantitative estimate of drug-likeness (QED) is 0.683.